The fraction of sp³-hybridized carbons (Fsp3) is 0.138. The molecule has 0 aliphatic heterocycles. The van der Waals surface area contributed by atoms with Crippen LogP contribution in [0.25, 0.3) is 22.4 Å². The average Bonchev–Trinajstić information content (AvgIpc) is 2.88. The van der Waals surface area contributed by atoms with Crippen LogP contribution < -0.4 is 10.1 Å². The zero-order valence-corrected chi connectivity index (χ0v) is 20.6. The molecule has 6 heteroatoms. The standard InChI is InChI=1S/C29H25N3O2S/c1-19-4-8-22(9-5-19)27-16-25(21-10-14-24(34-3)15-11-21)26(17-30)29(32-27)35-18-28(33)31-23-12-6-20(2)7-13-23/h4-16H,18H2,1-3H3,(H,31,33). The molecular formula is C29H25N3O2S. The maximum absolute atomic E-state index is 12.6. The summed E-state index contributed by atoms with van der Waals surface area (Å²) in [5, 5.41) is 13.5. The second kappa shape index (κ2) is 10.9. The van der Waals surface area contributed by atoms with E-state index in [-0.39, 0.29) is 11.7 Å². The number of ether oxygens (including phenoxy) is 1. The Morgan fingerprint density at radius 2 is 1.54 bits per heavy atom. The third-order valence-corrected chi connectivity index (χ3v) is 6.50. The van der Waals surface area contributed by atoms with Crippen LogP contribution in [0.1, 0.15) is 16.7 Å². The Kier molecular flexibility index (Phi) is 7.49. The van der Waals surface area contributed by atoms with Gasteiger partial charge in [-0.05, 0) is 49.7 Å². The van der Waals surface area contributed by atoms with E-state index in [4.69, 9.17) is 9.72 Å². The molecule has 0 fully saturated rings. The molecule has 1 amide bonds. The van der Waals surface area contributed by atoms with Gasteiger partial charge in [0, 0.05) is 16.8 Å². The monoisotopic (exact) mass is 479 g/mol. The van der Waals surface area contributed by atoms with Crippen molar-refractivity contribution in [3.63, 3.8) is 0 Å². The van der Waals surface area contributed by atoms with Gasteiger partial charge in [0.25, 0.3) is 0 Å². The van der Waals surface area contributed by atoms with Gasteiger partial charge in [-0.1, -0.05) is 71.4 Å². The van der Waals surface area contributed by atoms with Crippen molar-refractivity contribution in [3.05, 3.63) is 95.6 Å². The molecule has 4 rings (SSSR count). The topological polar surface area (TPSA) is 75.0 Å². The van der Waals surface area contributed by atoms with Crippen LogP contribution in [0.15, 0.2) is 83.9 Å². The zero-order chi connectivity index (χ0) is 24.8. The number of pyridine rings is 1. The molecular weight excluding hydrogens is 454 g/mol. The van der Waals surface area contributed by atoms with Crippen molar-refractivity contribution in [2.75, 3.05) is 18.2 Å². The minimum atomic E-state index is -0.156. The van der Waals surface area contributed by atoms with E-state index in [1.807, 2.05) is 92.7 Å². The highest BCUT2D eigenvalue weighted by Crippen LogP contribution is 2.35. The number of rotatable bonds is 7. The van der Waals surface area contributed by atoms with Gasteiger partial charge in [0.2, 0.25) is 5.91 Å². The van der Waals surface area contributed by atoms with Gasteiger partial charge in [0.1, 0.15) is 16.8 Å². The largest absolute Gasteiger partial charge is 0.497 e. The Labute approximate surface area is 209 Å². The van der Waals surface area contributed by atoms with E-state index in [0.717, 1.165) is 44.9 Å². The van der Waals surface area contributed by atoms with Crippen molar-refractivity contribution < 1.29 is 9.53 Å². The minimum absolute atomic E-state index is 0.134. The van der Waals surface area contributed by atoms with Crippen molar-refractivity contribution >= 4 is 23.4 Å². The average molecular weight is 480 g/mol. The lowest BCUT2D eigenvalue weighted by atomic mass is 9.99. The summed E-state index contributed by atoms with van der Waals surface area (Å²) in [7, 11) is 1.62. The summed E-state index contributed by atoms with van der Waals surface area (Å²) in [5.41, 5.74) is 6.80. The Morgan fingerprint density at radius 3 is 2.14 bits per heavy atom. The number of methoxy groups -OCH3 is 1. The molecule has 0 bridgehead atoms. The predicted octanol–water partition coefficient (Wildman–Crippen LogP) is 6.64. The molecule has 1 heterocycles. The summed E-state index contributed by atoms with van der Waals surface area (Å²) in [4.78, 5) is 17.4. The normalized spacial score (nSPS) is 10.5. The molecule has 4 aromatic rings. The molecule has 1 aromatic heterocycles. The van der Waals surface area contributed by atoms with Gasteiger partial charge in [-0.25, -0.2) is 4.98 Å². The van der Waals surface area contributed by atoms with Crippen LogP contribution in [0.3, 0.4) is 0 Å². The van der Waals surface area contributed by atoms with E-state index in [2.05, 4.69) is 11.4 Å². The SMILES string of the molecule is COc1ccc(-c2cc(-c3ccc(C)cc3)nc(SCC(=O)Nc3ccc(C)cc3)c2C#N)cc1. The first-order chi connectivity index (χ1) is 17.0. The number of hydrogen-bond acceptors (Lipinski definition) is 5. The number of hydrogen-bond donors (Lipinski definition) is 1. The number of carbonyl (C=O) groups is 1. The molecule has 0 spiro atoms. The first kappa shape index (κ1) is 24.1. The second-order valence-electron chi connectivity index (χ2n) is 8.14. The van der Waals surface area contributed by atoms with Gasteiger partial charge in [-0.3, -0.25) is 4.79 Å². The van der Waals surface area contributed by atoms with Crippen molar-refractivity contribution in [2.24, 2.45) is 0 Å². The quantitative estimate of drug-likeness (QED) is 0.301. The van der Waals surface area contributed by atoms with Crippen molar-refractivity contribution in [1.29, 1.82) is 5.26 Å². The number of amides is 1. The van der Waals surface area contributed by atoms with E-state index in [1.54, 1.807) is 7.11 Å². The van der Waals surface area contributed by atoms with E-state index in [1.165, 1.54) is 11.8 Å². The molecule has 35 heavy (non-hydrogen) atoms. The third-order valence-electron chi connectivity index (χ3n) is 5.52. The van der Waals surface area contributed by atoms with Gasteiger partial charge in [0.15, 0.2) is 0 Å². The van der Waals surface area contributed by atoms with Gasteiger partial charge in [0.05, 0.1) is 24.1 Å². The van der Waals surface area contributed by atoms with Crippen LogP contribution in [-0.2, 0) is 4.79 Å². The Morgan fingerprint density at radius 1 is 0.943 bits per heavy atom. The fourth-order valence-electron chi connectivity index (χ4n) is 3.57. The van der Waals surface area contributed by atoms with Crippen LogP contribution in [0.4, 0.5) is 5.69 Å². The molecule has 0 saturated heterocycles. The van der Waals surface area contributed by atoms with E-state index >= 15 is 0 Å². The van der Waals surface area contributed by atoms with Crippen molar-refractivity contribution in [2.45, 2.75) is 18.9 Å². The van der Waals surface area contributed by atoms with Crippen LogP contribution in [0, 0.1) is 25.2 Å². The summed E-state index contributed by atoms with van der Waals surface area (Å²) < 4.78 is 5.28. The van der Waals surface area contributed by atoms with E-state index < -0.39 is 0 Å². The number of benzene rings is 3. The Hall–Kier alpha value is -4.08. The number of nitriles is 1. The molecule has 174 valence electrons. The predicted molar refractivity (Wildman–Crippen MR) is 142 cm³/mol. The number of thioether (sulfide) groups is 1. The molecule has 0 radical (unpaired) electrons. The lowest BCUT2D eigenvalue weighted by Crippen LogP contribution is -2.14. The van der Waals surface area contributed by atoms with Crippen molar-refractivity contribution in [1.82, 2.24) is 4.98 Å². The summed E-state index contributed by atoms with van der Waals surface area (Å²) >= 11 is 1.26. The van der Waals surface area contributed by atoms with Crippen molar-refractivity contribution in [3.8, 4) is 34.2 Å². The number of nitrogens with one attached hydrogen (secondary N) is 1. The van der Waals surface area contributed by atoms with Gasteiger partial charge >= 0.3 is 0 Å². The maximum atomic E-state index is 12.6. The van der Waals surface area contributed by atoms with Gasteiger partial charge < -0.3 is 10.1 Å². The minimum Gasteiger partial charge on any atom is -0.497 e. The van der Waals surface area contributed by atoms with E-state index in [9.17, 15) is 10.1 Å². The summed E-state index contributed by atoms with van der Waals surface area (Å²) in [6.45, 7) is 4.03. The Balaban J connectivity index is 1.69. The first-order valence-corrected chi connectivity index (χ1v) is 12.1. The van der Waals surface area contributed by atoms with E-state index in [0.29, 0.717) is 10.6 Å². The van der Waals surface area contributed by atoms with Gasteiger partial charge in [-0.15, -0.1) is 0 Å². The first-order valence-electron chi connectivity index (χ1n) is 11.1. The number of nitrogens with zero attached hydrogens (tertiary/aromatic N) is 2. The number of aromatic nitrogens is 1. The highest BCUT2D eigenvalue weighted by molar-refractivity contribution is 8.00. The molecule has 0 unspecified atom stereocenters. The third kappa shape index (κ3) is 5.89. The molecule has 0 aliphatic rings. The highest BCUT2D eigenvalue weighted by Gasteiger charge is 2.17. The maximum Gasteiger partial charge on any atom is 0.234 e. The highest BCUT2D eigenvalue weighted by atomic mass is 32.2. The lowest BCUT2D eigenvalue weighted by molar-refractivity contribution is -0.113. The molecule has 0 aliphatic carbocycles. The Bertz CT molecular complexity index is 1370. The fourth-order valence-corrected chi connectivity index (χ4v) is 4.38. The second-order valence-corrected chi connectivity index (χ2v) is 9.11. The summed E-state index contributed by atoms with van der Waals surface area (Å²) in [6.07, 6.45) is 0. The summed E-state index contributed by atoms with van der Waals surface area (Å²) in [6, 6.07) is 27.6. The summed E-state index contributed by atoms with van der Waals surface area (Å²) in [5.74, 6) is 0.716. The molecule has 5 nitrogen and oxygen atoms in total. The van der Waals surface area contributed by atoms with Crippen LogP contribution in [-0.4, -0.2) is 23.8 Å². The molecule has 3 aromatic carbocycles. The zero-order valence-electron chi connectivity index (χ0n) is 19.8. The van der Waals surface area contributed by atoms with Crippen LogP contribution in [0.5, 0.6) is 5.75 Å². The molecule has 0 saturated carbocycles. The van der Waals surface area contributed by atoms with Crippen LogP contribution in [0.2, 0.25) is 0 Å². The lowest BCUT2D eigenvalue weighted by Gasteiger charge is -2.13. The molecule has 0 atom stereocenters. The van der Waals surface area contributed by atoms with Crippen LogP contribution >= 0.6 is 11.8 Å². The molecule has 1 N–H and O–H groups in total. The number of anilines is 1. The number of aryl methyl sites for hydroxylation is 2. The smallest absolute Gasteiger partial charge is 0.234 e. The van der Waals surface area contributed by atoms with Gasteiger partial charge in [-0.2, -0.15) is 5.26 Å². The number of carbonyl (C=O) groups excluding carboxylic acids is 1.